The van der Waals surface area contributed by atoms with Crippen molar-refractivity contribution in [2.24, 2.45) is 5.84 Å². The van der Waals surface area contributed by atoms with Gasteiger partial charge in [0, 0.05) is 6.08 Å². The summed E-state index contributed by atoms with van der Waals surface area (Å²) in [6.45, 7) is 2.22. The first-order valence-corrected chi connectivity index (χ1v) is 4.47. The molecule has 74 valence electrons. The maximum atomic E-state index is 11.3. The van der Waals surface area contributed by atoms with E-state index in [0.29, 0.717) is 6.54 Å². The van der Waals surface area contributed by atoms with Crippen LogP contribution in [0.5, 0.6) is 0 Å². The molecule has 0 heterocycles. The fourth-order valence-corrected chi connectivity index (χ4v) is 1.10. The van der Waals surface area contributed by atoms with E-state index in [1.807, 2.05) is 30.3 Å². The Hall–Kier alpha value is -1.61. The zero-order valence-electron chi connectivity index (χ0n) is 8.18. The van der Waals surface area contributed by atoms with Crippen LogP contribution in [0.1, 0.15) is 12.5 Å². The SMILES string of the molecule is CC=CC(=O)N(N)Cc1ccccc1. The number of carbonyl (C=O) groups excluding carboxylic acids is 1. The topological polar surface area (TPSA) is 46.3 Å². The van der Waals surface area contributed by atoms with Gasteiger partial charge in [0.25, 0.3) is 5.91 Å². The van der Waals surface area contributed by atoms with Crippen LogP contribution in [0.4, 0.5) is 0 Å². The number of benzene rings is 1. The van der Waals surface area contributed by atoms with Crippen molar-refractivity contribution in [1.82, 2.24) is 5.01 Å². The smallest absolute Gasteiger partial charge is 0.260 e. The first kappa shape index (κ1) is 10.5. The zero-order valence-corrected chi connectivity index (χ0v) is 8.18. The molecular weight excluding hydrogens is 176 g/mol. The van der Waals surface area contributed by atoms with Crippen LogP contribution in [0.2, 0.25) is 0 Å². The highest BCUT2D eigenvalue weighted by atomic mass is 16.2. The minimum absolute atomic E-state index is 0.184. The van der Waals surface area contributed by atoms with Crippen LogP contribution in [-0.2, 0) is 11.3 Å². The Morgan fingerprint density at radius 2 is 2.07 bits per heavy atom. The third-order valence-electron chi connectivity index (χ3n) is 1.79. The molecule has 3 heteroatoms. The molecule has 1 amide bonds. The Balaban J connectivity index is 2.57. The Morgan fingerprint density at radius 1 is 1.43 bits per heavy atom. The van der Waals surface area contributed by atoms with E-state index in [2.05, 4.69) is 0 Å². The fraction of sp³-hybridized carbons (Fsp3) is 0.182. The van der Waals surface area contributed by atoms with Gasteiger partial charge >= 0.3 is 0 Å². The summed E-state index contributed by atoms with van der Waals surface area (Å²) in [6, 6.07) is 9.64. The average Bonchev–Trinajstić information content (AvgIpc) is 2.19. The van der Waals surface area contributed by atoms with E-state index < -0.39 is 0 Å². The van der Waals surface area contributed by atoms with Crippen LogP contribution >= 0.6 is 0 Å². The molecule has 0 bridgehead atoms. The number of hydrogen-bond acceptors (Lipinski definition) is 2. The number of carbonyl (C=O) groups is 1. The second kappa shape index (κ2) is 5.19. The molecule has 0 aliphatic carbocycles. The number of amides is 1. The first-order valence-electron chi connectivity index (χ1n) is 4.47. The fourth-order valence-electron chi connectivity index (χ4n) is 1.10. The number of rotatable bonds is 3. The van der Waals surface area contributed by atoms with E-state index >= 15 is 0 Å². The second-order valence-electron chi connectivity index (χ2n) is 2.95. The van der Waals surface area contributed by atoms with E-state index in [-0.39, 0.29) is 5.91 Å². The molecule has 0 spiro atoms. The van der Waals surface area contributed by atoms with Crippen molar-refractivity contribution in [1.29, 1.82) is 0 Å². The quantitative estimate of drug-likeness (QED) is 0.339. The maximum absolute atomic E-state index is 11.3. The van der Waals surface area contributed by atoms with Crippen LogP contribution in [0.15, 0.2) is 42.5 Å². The van der Waals surface area contributed by atoms with Crippen molar-refractivity contribution in [2.45, 2.75) is 13.5 Å². The molecule has 0 aliphatic heterocycles. The lowest BCUT2D eigenvalue weighted by molar-refractivity contribution is -0.126. The third-order valence-corrected chi connectivity index (χ3v) is 1.79. The lowest BCUT2D eigenvalue weighted by Crippen LogP contribution is -2.35. The van der Waals surface area contributed by atoms with Gasteiger partial charge in [-0.05, 0) is 12.5 Å². The largest absolute Gasteiger partial charge is 0.273 e. The summed E-state index contributed by atoms with van der Waals surface area (Å²) in [4.78, 5) is 11.3. The highest BCUT2D eigenvalue weighted by Crippen LogP contribution is 2.01. The summed E-state index contributed by atoms with van der Waals surface area (Å²) in [5.74, 6) is 5.38. The number of hydrazine groups is 1. The van der Waals surface area contributed by atoms with Crippen LogP contribution in [0.3, 0.4) is 0 Å². The van der Waals surface area contributed by atoms with Gasteiger partial charge in [0.15, 0.2) is 0 Å². The standard InChI is InChI=1S/C11H14N2O/c1-2-6-11(14)13(12)9-10-7-4-3-5-8-10/h2-8H,9,12H2,1H3. The molecule has 0 saturated heterocycles. The molecule has 0 atom stereocenters. The van der Waals surface area contributed by atoms with Crippen LogP contribution in [0.25, 0.3) is 0 Å². The summed E-state index contributed by atoms with van der Waals surface area (Å²) in [6.07, 6.45) is 3.12. The monoisotopic (exact) mass is 190 g/mol. The van der Waals surface area contributed by atoms with E-state index in [1.54, 1.807) is 13.0 Å². The predicted octanol–water partition coefficient (Wildman–Crippen LogP) is 1.47. The van der Waals surface area contributed by atoms with Crippen molar-refractivity contribution in [3.05, 3.63) is 48.0 Å². The van der Waals surface area contributed by atoms with Crippen molar-refractivity contribution >= 4 is 5.91 Å². The van der Waals surface area contributed by atoms with E-state index in [4.69, 9.17) is 5.84 Å². The minimum atomic E-state index is -0.184. The zero-order chi connectivity index (χ0) is 10.4. The molecule has 0 fully saturated rings. The Bertz CT molecular complexity index is 319. The Labute approximate surface area is 83.8 Å². The van der Waals surface area contributed by atoms with Gasteiger partial charge in [-0.3, -0.25) is 9.80 Å². The number of allylic oxidation sites excluding steroid dienone is 1. The predicted molar refractivity (Wildman–Crippen MR) is 56.0 cm³/mol. The first-order chi connectivity index (χ1) is 6.74. The summed E-state index contributed by atoms with van der Waals surface area (Å²) in [5.41, 5.74) is 1.02. The van der Waals surface area contributed by atoms with Crippen molar-refractivity contribution in [2.75, 3.05) is 0 Å². The number of nitrogens with zero attached hydrogens (tertiary/aromatic N) is 1. The summed E-state index contributed by atoms with van der Waals surface area (Å²) in [7, 11) is 0. The summed E-state index contributed by atoms with van der Waals surface area (Å²) in [5, 5.41) is 1.19. The molecule has 0 radical (unpaired) electrons. The lowest BCUT2D eigenvalue weighted by Gasteiger charge is -2.14. The molecule has 0 aromatic heterocycles. The van der Waals surface area contributed by atoms with Crippen molar-refractivity contribution in [3.8, 4) is 0 Å². The molecule has 1 aromatic carbocycles. The molecule has 2 N–H and O–H groups in total. The van der Waals surface area contributed by atoms with Gasteiger partial charge in [-0.25, -0.2) is 5.84 Å². The molecule has 0 saturated carbocycles. The van der Waals surface area contributed by atoms with Gasteiger partial charge in [-0.1, -0.05) is 36.4 Å². The van der Waals surface area contributed by atoms with Crippen LogP contribution < -0.4 is 5.84 Å². The molecule has 14 heavy (non-hydrogen) atoms. The van der Waals surface area contributed by atoms with E-state index in [9.17, 15) is 4.79 Å². The highest BCUT2D eigenvalue weighted by Gasteiger charge is 2.04. The number of hydrogen-bond donors (Lipinski definition) is 1. The molecule has 0 unspecified atom stereocenters. The van der Waals surface area contributed by atoms with Gasteiger partial charge in [-0.2, -0.15) is 0 Å². The third kappa shape index (κ3) is 3.03. The number of nitrogens with two attached hydrogens (primary N) is 1. The van der Waals surface area contributed by atoms with Gasteiger partial charge in [0.2, 0.25) is 0 Å². The molecule has 3 nitrogen and oxygen atoms in total. The molecule has 1 rings (SSSR count). The Kier molecular flexibility index (Phi) is 3.88. The molecule has 0 aliphatic rings. The van der Waals surface area contributed by atoms with Gasteiger partial charge < -0.3 is 0 Å². The molecular formula is C11H14N2O. The summed E-state index contributed by atoms with van der Waals surface area (Å²) < 4.78 is 0. The highest BCUT2D eigenvalue weighted by molar-refractivity contribution is 5.86. The van der Waals surface area contributed by atoms with Gasteiger partial charge in [0.05, 0.1) is 6.54 Å². The van der Waals surface area contributed by atoms with Crippen molar-refractivity contribution in [3.63, 3.8) is 0 Å². The Morgan fingerprint density at radius 3 is 2.64 bits per heavy atom. The molecule has 1 aromatic rings. The maximum Gasteiger partial charge on any atom is 0.260 e. The minimum Gasteiger partial charge on any atom is -0.273 e. The van der Waals surface area contributed by atoms with E-state index in [0.717, 1.165) is 5.56 Å². The van der Waals surface area contributed by atoms with Crippen LogP contribution in [0, 0.1) is 0 Å². The average molecular weight is 190 g/mol. The van der Waals surface area contributed by atoms with Crippen molar-refractivity contribution < 1.29 is 4.79 Å². The van der Waals surface area contributed by atoms with Crippen LogP contribution in [-0.4, -0.2) is 10.9 Å². The normalized spacial score (nSPS) is 10.4. The van der Waals surface area contributed by atoms with Gasteiger partial charge in [0.1, 0.15) is 0 Å². The van der Waals surface area contributed by atoms with Gasteiger partial charge in [-0.15, -0.1) is 0 Å². The summed E-state index contributed by atoms with van der Waals surface area (Å²) >= 11 is 0. The lowest BCUT2D eigenvalue weighted by atomic mass is 10.2. The van der Waals surface area contributed by atoms with E-state index in [1.165, 1.54) is 11.1 Å². The second-order valence-corrected chi connectivity index (χ2v) is 2.95.